The lowest BCUT2D eigenvalue weighted by Gasteiger charge is -2.21. The predicted molar refractivity (Wildman–Crippen MR) is 97.0 cm³/mol. The van der Waals surface area contributed by atoms with Crippen molar-refractivity contribution in [3.8, 4) is 0 Å². The molecule has 0 saturated heterocycles. The SMILES string of the molecule is CCCCN=C(NCC)N(C)CCc1cccs1.I. The lowest BCUT2D eigenvalue weighted by Crippen LogP contribution is -2.40. The molecule has 0 spiro atoms. The molecule has 0 atom stereocenters. The lowest BCUT2D eigenvalue weighted by molar-refractivity contribution is 0.486. The minimum atomic E-state index is 0. The van der Waals surface area contributed by atoms with Crippen molar-refractivity contribution in [3.63, 3.8) is 0 Å². The van der Waals surface area contributed by atoms with Crippen LogP contribution in [0.25, 0.3) is 0 Å². The zero-order valence-electron chi connectivity index (χ0n) is 12.2. The van der Waals surface area contributed by atoms with E-state index in [0.717, 1.165) is 38.4 Å². The highest BCUT2D eigenvalue weighted by atomic mass is 127. The van der Waals surface area contributed by atoms with Gasteiger partial charge < -0.3 is 10.2 Å². The van der Waals surface area contributed by atoms with Crippen molar-refractivity contribution in [2.24, 2.45) is 4.99 Å². The van der Waals surface area contributed by atoms with Crippen LogP contribution >= 0.6 is 35.3 Å². The Morgan fingerprint density at radius 1 is 1.42 bits per heavy atom. The number of rotatable bonds is 7. The first-order valence-electron chi connectivity index (χ1n) is 6.79. The van der Waals surface area contributed by atoms with Crippen LogP contribution in [-0.2, 0) is 6.42 Å². The highest BCUT2D eigenvalue weighted by Crippen LogP contribution is 2.09. The molecule has 0 aliphatic heterocycles. The van der Waals surface area contributed by atoms with Crippen LogP contribution < -0.4 is 5.32 Å². The lowest BCUT2D eigenvalue weighted by atomic mass is 10.3. The molecule has 1 rings (SSSR count). The number of thiophene rings is 1. The molecule has 1 aromatic rings. The minimum Gasteiger partial charge on any atom is -0.357 e. The summed E-state index contributed by atoms with van der Waals surface area (Å²) in [5.41, 5.74) is 0. The van der Waals surface area contributed by atoms with Gasteiger partial charge in [0.1, 0.15) is 0 Å². The van der Waals surface area contributed by atoms with E-state index in [-0.39, 0.29) is 24.0 Å². The van der Waals surface area contributed by atoms with Gasteiger partial charge in [0.25, 0.3) is 0 Å². The molecule has 0 aromatic carbocycles. The Kier molecular flexibility index (Phi) is 11.3. The summed E-state index contributed by atoms with van der Waals surface area (Å²) in [6, 6.07) is 4.31. The van der Waals surface area contributed by atoms with Crippen LogP contribution in [0.3, 0.4) is 0 Å². The topological polar surface area (TPSA) is 27.6 Å². The Hall–Kier alpha value is -0.300. The third-order valence-electron chi connectivity index (χ3n) is 2.74. The summed E-state index contributed by atoms with van der Waals surface area (Å²) in [4.78, 5) is 8.30. The number of nitrogens with one attached hydrogen (secondary N) is 1. The average molecular weight is 395 g/mol. The third kappa shape index (κ3) is 7.77. The van der Waals surface area contributed by atoms with Gasteiger partial charge in [-0.05, 0) is 31.2 Å². The highest BCUT2D eigenvalue weighted by molar-refractivity contribution is 14.0. The van der Waals surface area contributed by atoms with Crippen molar-refractivity contribution in [3.05, 3.63) is 22.4 Å². The summed E-state index contributed by atoms with van der Waals surface area (Å²) in [7, 11) is 2.11. The summed E-state index contributed by atoms with van der Waals surface area (Å²) >= 11 is 1.82. The normalized spacial score (nSPS) is 11.0. The van der Waals surface area contributed by atoms with Crippen LogP contribution in [0.2, 0.25) is 0 Å². The van der Waals surface area contributed by atoms with Gasteiger partial charge in [-0.1, -0.05) is 19.4 Å². The van der Waals surface area contributed by atoms with Crippen molar-refractivity contribution in [2.75, 3.05) is 26.7 Å². The molecule has 3 nitrogen and oxygen atoms in total. The molecule has 0 unspecified atom stereocenters. The number of hydrogen-bond acceptors (Lipinski definition) is 2. The van der Waals surface area contributed by atoms with Gasteiger partial charge in [-0.3, -0.25) is 4.99 Å². The quantitative estimate of drug-likeness (QED) is 0.331. The van der Waals surface area contributed by atoms with E-state index in [0.29, 0.717) is 0 Å². The maximum Gasteiger partial charge on any atom is 0.193 e. The van der Waals surface area contributed by atoms with E-state index in [1.807, 2.05) is 11.3 Å². The molecule has 0 bridgehead atoms. The van der Waals surface area contributed by atoms with Crippen LogP contribution in [0.15, 0.2) is 22.5 Å². The van der Waals surface area contributed by atoms with Crippen LogP contribution in [0.4, 0.5) is 0 Å². The number of hydrogen-bond donors (Lipinski definition) is 1. The van der Waals surface area contributed by atoms with E-state index >= 15 is 0 Å². The summed E-state index contributed by atoms with van der Waals surface area (Å²) in [6.07, 6.45) is 3.45. The predicted octanol–water partition coefficient (Wildman–Crippen LogP) is 3.61. The standard InChI is InChI=1S/C14H25N3S.HI/c1-4-6-10-16-14(15-5-2)17(3)11-9-13-8-7-12-18-13;/h7-8,12H,4-6,9-11H2,1-3H3,(H,15,16);1H. The number of nitrogens with zero attached hydrogens (tertiary/aromatic N) is 2. The number of halogens is 1. The minimum absolute atomic E-state index is 0. The molecule has 0 aliphatic rings. The second kappa shape index (κ2) is 11.5. The smallest absolute Gasteiger partial charge is 0.193 e. The highest BCUT2D eigenvalue weighted by Gasteiger charge is 2.05. The molecule has 19 heavy (non-hydrogen) atoms. The molecule has 1 aromatic heterocycles. The van der Waals surface area contributed by atoms with Gasteiger partial charge in [-0.25, -0.2) is 0 Å². The summed E-state index contributed by atoms with van der Waals surface area (Å²) in [6.45, 7) is 7.17. The molecule has 1 heterocycles. The fraction of sp³-hybridized carbons (Fsp3) is 0.643. The molecule has 0 fully saturated rings. The molecule has 0 radical (unpaired) electrons. The van der Waals surface area contributed by atoms with Gasteiger partial charge in [0.05, 0.1) is 0 Å². The summed E-state index contributed by atoms with van der Waals surface area (Å²) in [5, 5.41) is 5.49. The summed E-state index contributed by atoms with van der Waals surface area (Å²) in [5.74, 6) is 1.03. The molecular weight excluding hydrogens is 369 g/mol. The van der Waals surface area contributed by atoms with Gasteiger partial charge in [0.2, 0.25) is 0 Å². The Morgan fingerprint density at radius 2 is 2.21 bits per heavy atom. The van der Waals surface area contributed by atoms with E-state index in [9.17, 15) is 0 Å². The monoisotopic (exact) mass is 395 g/mol. The van der Waals surface area contributed by atoms with Gasteiger partial charge >= 0.3 is 0 Å². The fourth-order valence-electron chi connectivity index (χ4n) is 1.65. The largest absolute Gasteiger partial charge is 0.357 e. The molecule has 0 aliphatic carbocycles. The van der Waals surface area contributed by atoms with E-state index in [4.69, 9.17) is 0 Å². The Balaban J connectivity index is 0.00000324. The Bertz CT molecular complexity index is 338. The van der Waals surface area contributed by atoms with Crippen LogP contribution in [0.5, 0.6) is 0 Å². The number of unbranched alkanes of at least 4 members (excludes halogenated alkanes) is 1. The number of guanidine groups is 1. The van der Waals surface area contributed by atoms with E-state index in [2.05, 4.69) is 53.6 Å². The molecule has 5 heteroatoms. The average Bonchev–Trinajstić information content (AvgIpc) is 2.88. The van der Waals surface area contributed by atoms with E-state index in [1.54, 1.807) is 0 Å². The zero-order chi connectivity index (χ0) is 13.2. The molecule has 1 N–H and O–H groups in total. The Labute approximate surface area is 138 Å². The van der Waals surface area contributed by atoms with Crippen molar-refractivity contribution in [1.29, 1.82) is 0 Å². The maximum absolute atomic E-state index is 4.64. The van der Waals surface area contributed by atoms with Crippen LogP contribution in [-0.4, -0.2) is 37.5 Å². The van der Waals surface area contributed by atoms with Gasteiger partial charge in [-0.15, -0.1) is 35.3 Å². The fourth-order valence-corrected chi connectivity index (χ4v) is 2.35. The first kappa shape index (κ1) is 18.7. The van der Waals surface area contributed by atoms with Crippen LogP contribution in [0.1, 0.15) is 31.6 Å². The maximum atomic E-state index is 4.64. The third-order valence-corrected chi connectivity index (χ3v) is 3.68. The number of likely N-dealkylation sites (N-methyl/N-ethyl adjacent to an activating group) is 1. The molecule has 0 saturated carbocycles. The van der Waals surface area contributed by atoms with E-state index < -0.39 is 0 Å². The van der Waals surface area contributed by atoms with Gasteiger partial charge in [-0.2, -0.15) is 0 Å². The number of aliphatic imine (C=N–C) groups is 1. The van der Waals surface area contributed by atoms with Crippen molar-refractivity contribution in [2.45, 2.75) is 33.1 Å². The molecule has 110 valence electrons. The van der Waals surface area contributed by atoms with Crippen molar-refractivity contribution in [1.82, 2.24) is 10.2 Å². The second-order valence-electron chi connectivity index (χ2n) is 4.34. The first-order valence-corrected chi connectivity index (χ1v) is 7.67. The Morgan fingerprint density at radius 3 is 2.79 bits per heavy atom. The first-order chi connectivity index (χ1) is 8.77. The zero-order valence-corrected chi connectivity index (χ0v) is 15.3. The van der Waals surface area contributed by atoms with Gasteiger partial charge in [0.15, 0.2) is 5.96 Å². The van der Waals surface area contributed by atoms with Crippen molar-refractivity contribution >= 4 is 41.3 Å². The van der Waals surface area contributed by atoms with Crippen LogP contribution in [0, 0.1) is 0 Å². The summed E-state index contributed by atoms with van der Waals surface area (Å²) < 4.78 is 0. The molecular formula is C14H26IN3S. The van der Waals surface area contributed by atoms with Crippen molar-refractivity contribution < 1.29 is 0 Å². The van der Waals surface area contributed by atoms with E-state index in [1.165, 1.54) is 11.3 Å². The molecule has 0 amide bonds. The van der Waals surface area contributed by atoms with Gasteiger partial charge in [0, 0.05) is 31.6 Å². The second-order valence-corrected chi connectivity index (χ2v) is 5.37.